The number of nitrogens with one attached hydrogen (secondary N) is 1. The highest BCUT2D eigenvalue weighted by Gasteiger charge is 2.14. The lowest BCUT2D eigenvalue weighted by molar-refractivity contribution is 0.640. The van der Waals surface area contributed by atoms with E-state index >= 15 is 0 Å². The second-order valence-corrected chi connectivity index (χ2v) is 4.63. The highest BCUT2D eigenvalue weighted by Crippen LogP contribution is 2.22. The van der Waals surface area contributed by atoms with Crippen LogP contribution in [0.15, 0.2) is 24.3 Å². The molecule has 0 aliphatic heterocycles. The topological polar surface area (TPSA) is 42.7 Å². The molecule has 0 saturated heterocycles. The first kappa shape index (κ1) is 13.7. The van der Waals surface area contributed by atoms with E-state index in [-0.39, 0.29) is 6.04 Å². The molecule has 2 aromatic rings. The Hall–Kier alpha value is -1.68. The molecule has 4 nitrogen and oxygen atoms in total. The van der Waals surface area contributed by atoms with E-state index in [0.717, 1.165) is 30.2 Å². The van der Waals surface area contributed by atoms with E-state index in [4.69, 9.17) is 0 Å². The molecule has 1 aromatic carbocycles. The number of hydrogen-bond acceptors (Lipinski definition) is 3. The van der Waals surface area contributed by atoms with E-state index in [0.29, 0.717) is 0 Å². The van der Waals surface area contributed by atoms with Gasteiger partial charge in [-0.25, -0.2) is 9.67 Å². The lowest BCUT2D eigenvalue weighted by atomic mass is 10.1. The summed E-state index contributed by atoms with van der Waals surface area (Å²) in [6, 6.07) is 8.65. The summed E-state index contributed by atoms with van der Waals surface area (Å²) in [7, 11) is 1.97. The molecule has 0 aliphatic carbocycles. The van der Waals surface area contributed by atoms with Gasteiger partial charge in [0.15, 0.2) is 5.82 Å². The first-order valence-electron chi connectivity index (χ1n) is 6.92. The standard InChI is InChI=1S/C15H22N4/c1-5-14-17-15(6-2)19(18-14)13-10-8-7-9-12(13)11(3)16-4/h7-11,16H,5-6H2,1-4H3. The molecule has 4 heteroatoms. The van der Waals surface area contributed by atoms with Crippen LogP contribution in [0.1, 0.15) is 44.0 Å². The molecule has 1 heterocycles. The molecular weight excluding hydrogens is 236 g/mol. The van der Waals surface area contributed by atoms with Gasteiger partial charge in [-0.3, -0.25) is 0 Å². The van der Waals surface area contributed by atoms with Gasteiger partial charge in [-0.2, -0.15) is 5.10 Å². The van der Waals surface area contributed by atoms with E-state index in [1.165, 1.54) is 5.56 Å². The van der Waals surface area contributed by atoms with Crippen molar-refractivity contribution in [1.82, 2.24) is 20.1 Å². The predicted octanol–water partition coefficient (Wildman–Crippen LogP) is 2.67. The maximum absolute atomic E-state index is 4.62. The van der Waals surface area contributed by atoms with Crippen LogP contribution in [0.4, 0.5) is 0 Å². The largest absolute Gasteiger partial charge is 0.313 e. The van der Waals surface area contributed by atoms with E-state index in [1.807, 2.05) is 17.8 Å². The molecule has 1 aromatic heterocycles. The Kier molecular flexibility index (Phi) is 4.32. The third kappa shape index (κ3) is 2.68. The van der Waals surface area contributed by atoms with E-state index in [2.05, 4.69) is 54.4 Å². The van der Waals surface area contributed by atoms with Crippen molar-refractivity contribution in [1.29, 1.82) is 0 Å². The Morgan fingerprint density at radius 2 is 1.95 bits per heavy atom. The first-order chi connectivity index (χ1) is 9.21. The number of aromatic nitrogens is 3. The molecule has 0 aliphatic rings. The number of hydrogen-bond donors (Lipinski definition) is 1. The lowest BCUT2D eigenvalue weighted by Crippen LogP contribution is -2.16. The van der Waals surface area contributed by atoms with Crippen LogP contribution in [-0.2, 0) is 12.8 Å². The molecule has 102 valence electrons. The van der Waals surface area contributed by atoms with Gasteiger partial charge in [0, 0.05) is 18.9 Å². The Bertz CT molecular complexity index is 545. The molecule has 19 heavy (non-hydrogen) atoms. The van der Waals surface area contributed by atoms with Crippen molar-refractivity contribution < 1.29 is 0 Å². The zero-order valence-corrected chi connectivity index (χ0v) is 12.1. The highest BCUT2D eigenvalue weighted by molar-refractivity contribution is 5.42. The average Bonchev–Trinajstić information content (AvgIpc) is 2.89. The van der Waals surface area contributed by atoms with Crippen LogP contribution in [0.25, 0.3) is 5.69 Å². The first-order valence-corrected chi connectivity index (χ1v) is 6.92. The van der Waals surface area contributed by atoms with E-state index in [1.54, 1.807) is 0 Å². The molecule has 2 rings (SSSR count). The fraction of sp³-hybridized carbons (Fsp3) is 0.467. The zero-order chi connectivity index (χ0) is 13.8. The van der Waals surface area contributed by atoms with Crippen molar-refractivity contribution in [3.63, 3.8) is 0 Å². The van der Waals surface area contributed by atoms with E-state index < -0.39 is 0 Å². The molecule has 0 fully saturated rings. The summed E-state index contributed by atoms with van der Waals surface area (Å²) in [5.74, 6) is 1.93. The fourth-order valence-electron chi connectivity index (χ4n) is 2.17. The highest BCUT2D eigenvalue weighted by atomic mass is 15.4. The van der Waals surface area contributed by atoms with Gasteiger partial charge in [0.1, 0.15) is 5.82 Å². The van der Waals surface area contributed by atoms with Gasteiger partial charge in [0.05, 0.1) is 5.69 Å². The summed E-state index contributed by atoms with van der Waals surface area (Å²) in [6.45, 7) is 6.35. The Morgan fingerprint density at radius 3 is 2.58 bits per heavy atom. The van der Waals surface area contributed by atoms with Crippen LogP contribution in [0.5, 0.6) is 0 Å². The number of nitrogens with zero attached hydrogens (tertiary/aromatic N) is 3. The number of para-hydroxylation sites is 1. The van der Waals surface area contributed by atoms with Crippen molar-refractivity contribution >= 4 is 0 Å². The molecule has 0 saturated carbocycles. The van der Waals surface area contributed by atoms with Crippen LogP contribution in [-0.4, -0.2) is 21.8 Å². The van der Waals surface area contributed by atoms with Gasteiger partial charge in [0.25, 0.3) is 0 Å². The van der Waals surface area contributed by atoms with Crippen LogP contribution >= 0.6 is 0 Å². The van der Waals surface area contributed by atoms with Gasteiger partial charge in [-0.15, -0.1) is 0 Å². The van der Waals surface area contributed by atoms with Crippen molar-refractivity contribution in [2.24, 2.45) is 0 Å². The van der Waals surface area contributed by atoms with Crippen LogP contribution in [0, 0.1) is 0 Å². The second-order valence-electron chi connectivity index (χ2n) is 4.63. The summed E-state index contributed by atoms with van der Waals surface area (Å²) in [5.41, 5.74) is 2.36. The number of rotatable bonds is 5. The second kappa shape index (κ2) is 5.97. The molecular formula is C15H22N4. The van der Waals surface area contributed by atoms with E-state index in [9.17, 15) is 0 Å². The maximum Gasteiger partial charge on any atom is 0.151 e. The molecule has 0 radical (unpaired) electrons. The molecule has 0 bridgehead atoms. The summed E-state index contributed by atoms with van der Waals surface area (Å²) >= 11 is 0. The third-order valence-electron chi connectivity index (χ3n) is 3.41. The molecule has 1 N–H and O–H groups in total. The Morgan fingerprint density at radius 1 is 1.21 bits per heavy atom. The van der Waals surface area contributed by atoms with Gasteiger partial charge < -0.3 is 5.32 Å². The van der Waals surface area contributed by atoms with Crippen LogP contribution in [0.2, 0.25) is 0 Å². The smallest absolute Gasteiger partial charge is 0.151 e. The molecule has 1 unspecified atom stereocenters. The zero-order valence-electron chi connectivity index (χ0n) is 12.1. The van der Waals surface area contributed by atoms with Crippen molar-refractivity contribution in [2.45, 2.75) is 39.7 Å². The average molecular weight is 258 g/mol. The van der Waals surface area contributed by atoms with Gasteiger partial charge in [-0.05, 0) is 25.6 Å². The minimum Gasteiger partial charge on any atom is -0.313 e. The normalized spacial score (nSPS) is 12.6. The quantitative estimate of drug-likeness (QED) is 0.896. The predicted molar refractivity (Wildman–Crippen MR) is 77.6 cm³/mol. The maximum atomic E-state index is 4.62. The van der Waals surface area contributed by atoms with Crippen molar-refractivity contribution in [2.75, 3.05) is 7.05 Å². The number of aryl methyl sites for hydroxylation is 2. The van der Waals surface area contributed by atoms with Gasteiger partial charge in [-0.1, -0.05) is 32.0 Å². The Balaban J connectivity index is 2.55. The SMILES string of the molecule is CCc1nc(CC)n(-c2ccccc2C(C)NC)n1. The fourth-order valence-corrected chi connectivity index (χ4v) is 2.17. The number of benzene rings is 1. The van der Waals surface area contributed by atoms with Gasteiger partial charge >= 0.3 is 0 Å². The van der Waals surface area contributed by atoms with Gasteiger partial charge in [0.2, 0.25) is 0 Å². The molecule has 1 atom stereocenters. The third-order valence-corrected chi connectivity index (χ3v) is 3.41. The minimum absolute atomic E-state index is 0.287. The van der Waals surface area contributed by atoms with Crippen molar-refractivity contribution in [3.05, 3.63) is 41.5 Å². The van der Waals surface area contributed by atoms with Crippen molar-refractivity contribution in [3.8, 4) is 5.69 Å². The monoisotopic (exact) mass is 258 g/mol. The molecule has 0 spiro atoms. The summed E-state index contributed by atoms with van der Waals surface area (Å²) in [4.78, 5) is 4.58. The molecule has 0 amide bonds. The lowest BCUT2D eigenvalue weighted by Gasteiger charge is -2.16. The summed E-state index contributed by atoms with van der Waals surface area (Å²) in [6.07, 6.45) is 1.75. The van der Waals surface area contributed by atoms with Crippen LogP contribution in [0.3, 0.4) is 0 Å². The Labute approximate surface area is 114 Å². The summed E-state index contributed by atoms with van der Waals surface area (Å²) in [5, 5.41) is 7.91. The van der Waals surface area contributed by atoms with Crippen LogP contribution < -0.4 is 5.32 Å². The minimum atomic E-state index is 0.287. The summed E-state index contributed by atoms with van der Waals surface area (Å²) < 4.78 is 1.99.